The molecule has 0 radical (unpaired) electrons. The van der Waals surface area contributed by atoms with Crippen LogP contribution in [0.5, 0.6) is 0 Å². The van der Waals surface area contributed by atoms with Gasteiger partial charge < -0.3 is 15.2 Å². The highest BCUT2D eigenvalue weighted by Crippen LogP contribution is 2.40. The second-order valence-electron chi connectivity index (χ2n) is 6.58. The van der Waals surface area contributed by atoms with Gasteiger partial charge in [0, 0.05) is 54.0 Å². The van der Waals surface area contributed by atoms with E-state index in [1.807, 2.05) is 18.3 Å². The molecule has 5 rings (SSSR count). The molecule has 0 spiro atoms. The van der Waals surface area contributed by atoms with Gasteiger partial charge in [0.15, 0.2) is 0 Å². The van der Waals surface area contributed by atoms with Gasteiger partial charge in [0.25, 0.3) is 0 Å². The van der Waals surface area contributed by atoms with Gasteiger partial charge in [-0.05, 0) is 42.8 Å². The summed E-state index contributed by atoms with van der Waals surface area (Å²) in [5.41, 5.74) is 2.10. The summed E-state index contributed by atoms with van der Waals surface area (Å²) in [6.07, 6.45) is 6.71. The van der Waals surface area contributed by atoms with E-state index >= 15 is 0 Å². The zero-order valence-corrected chi connectivity index (χ0v) is 13.1. The third-order valence-electron chi connectivity index (χ3n) is 5.35. The number of H-pyrrole nitrogens is 1. The van der Waals surface area contributed by atoms with E-state index in [-0.39, 0.29) is 5.82 Å². The highest BCUT2D eigenvalue weighted by atomic mass is 19.1. The molecule has 4 heterocycles. The van der Waals surface area contributed by atoms with E-state index in [1.165, 1.54) is 11.6 Å². The number of hydrogen-bond acceptors (Lipinski definition) is 4. The molecular weight excluding hydrogens is 305 g/mol. The molecule has 2 aliphatic heterocycles. The number of nitrogens with zero attached hydrogens (tertiary/aromatic N) is 3. The molecule has 122 valence electrons. The summed E-state index contributed by atoms with van der Waals surface area (Å²) in [5.74, 6) is 0.920. The van der Waals surface area contributed by atoms with Crippen LogP contribution in [0.25, 0.3) is 10.9 Å². The van der Waals surface area contributed by atoms with E-state index in [9.17, 15) is 4.39 Å². The van der Waals surface area contributed by atoms with Gasteiger partial charge in [0.1, 0.15) is 5.82 Å². The number of halogens is 1. The molecule has 0 bridgehead atoms. The lowest BCUT2D eigenvalue weighted by Gasteiger charge is -2.22. The zero-order valence-electron chi connectivity index (χ0n) is 13.1. The van der Waals surface area contributed by atoms with Gasteiger partial charge in [-0.2, -0.15) is 0 Å². The third-order valence-corrected chi connectivity index (χ3v) is 5.35. The van der Waals surface area contributed by atoms with E-state index in [2.05, 4.69) is 25.2 Å². The lowest BCUT2D eigenvalue weighted by Crippen LogP contribution is -2.36. The van der Waals surface area contributed by atoms with Crippen molar-refractivity contribution in [3.05, 3.63) is 54.2 Å². The number of fused-ring (bicyclic) bond motifs is 2. The molecule has 3 aromatic rings. The van der Waals surface area contributed by atoms with Gasteiger partial charge >= 0.3 is 0 Å². The Kier molecular flexibility index (Phi) is 3.06. The van der Waals surface area contributed by atoms with Crippen LogP contribution in [0, 0.1) is 5.82 Å². The number of nitrogens with one attached hydrogen (secondary N) is 2. The fourth-order valence-corrected chi connectivity index (χ4v) is 4.32. The summed E-state index contributed by atoms with van der Waals surface area (Å²) in [6, 6.07) is 7.59. The van der Waals surface area contributed by atoms with Gasteiger partial charge in [-0.25, -0.2) is 14.4 Å². The maximum absolute atomic E-state index is 13.5. The van der Waals surface area contributed by atoms with Crippen molar-refractivity contribution < 1.29 is 4.39 Å². The van der Waals surface area contributed by atoms with Gasteiger partial charge in [-0.1, -0.05) is 0 Å². The van der Waals surface area contributed by atoms with E-state index in [0.29, 0.717) is 18.0 Å². The number of rotatable bonds is 2. The van der Waals surface area contributed by atoms with Crippen LogP contribution >= 0.6 is 0 Å². The van der Waals surface area contributed by atoms with Crippen molar-refractivity contribution in [2.75, 3.05) is 18.0 Å². The molecule has 5 nitrogen and oxygen atoms in total. The zero-order chi connectivity index (χ0) is 16.1. The molecule has 2 saturated heterocycles. The highest BCUT2D eigenvalue weighted by Gasteiger charge is 2.46. The first-order valence-electron chi connectivity index (χ1n) is 8.35. The number of aromatic amines is 1. The molecule has 2 aromatic heterocycles. The Labute approximate surface area is 138 Å². The first-order valence-corrected chi connectivity index (χ1v) is 8.35. The molecule has 2 fully saturated rings. The van der Waals surface area contributed by atoms with Crippen molar-refractivity contribution in [3.63, 3.8) is 0 Å². The average molecular weight is 323 g/mol. The second kappa shape index (κ2) is 5.27. The number of aromatic nitrogens is 3. The molecule has 2 N–H and O–H groups in total. The van der Waals surface area contributed by atoms with Crippen LogP contribution in [0.1, 0.15) is 17.9 Å². The van der Waals surface area contributed by atoms with Crippen LogP contribution in [-0.4, -0.2) is 40.1 Å². The van der Waals surface area contributed by atoms with Gasteiger partial charge in [0.2, 0.25) is 5.95 Å². The SMILES string of the molecule is Fc1ccc2c([C@H]3CN(c4ncccn4)[C@@H]4CCN[C@H]34)c[nH]c2c1. The van der Waals surface area contributed by atoms with E-state index in [4.69, 9.17) is 0 Å². The quantitative estimate of drug-likeness (QED) is 0.760. The van der Waals surface area contributed by atoms with E-state index < -0.39 is 0 Å². The Morgan fingerprint density at radius 3 is 2.96 bits per heavy atom. The normalized spacial score (nSPS) is 26.2. The van der Waals surface area contributed by atoms with Crippen LogP contribution in [0.3, 0.4) is 0 Å². The largest absolute Gasteiger partial charge is 0.361 e. The molecular formula is C18H18FN5. The summed E-state index contributed by atoms with van der Waals surface area (Å²) in [7, 11) is 0. The smallest absolute Gasteiger partial charge is 0.225 e. The minimum atomic E-state index is -0.210. The molecule has 0 unspecified atom stereocenters. The summed E-state index contributed by atoms with van der Waals surface area (Å²) < 4.78 is 13.5. The molecule has 1 aromatic carbocycles. The number of hydrogen-bond donors (Lipinski definition) is 2. The maximum atomic E-state index is 13.5. The Morgan fingerprint density at radius 1 is 1.21 bits per heavy atom. The molecule has 0 amide bonds. The van der Waals surface area contributed by atoms with Crippen LogP contribution in [-0.2, 0) is 0 Å². The lowest BCUT2D eigenvalue weighted by atomic mass is 9.92. The van der Waals surface area contributed by atoms with Gasteiger partial charge in [0.05, 0.1) is 0 Å². The van der Waals surface area contributed by atoms with Crippen molar-refractivity contribution in [3.8, 4) is 0 Å². The number of benzene rings is 1. The fraction of sp³-hybridized carbons (Fsp3) is 0.333. The monoisotopic (exact) mass is 323 g/mol. The van der Waals surface area contributed by atoms with Crippen LogP contribution < -0.4 is 10.2 Å². The first-order chi connectivity index (χ1) is 11.8. The average Bonchev–Trinajstić information content (AvgIpc) is 3.29. The van der Waals surface area contributed by atoms with E-state index in [1.54, 1.807) is 18.5 Å². The lowest BCUT2D eigenvalue weighted by molar-refractivity contribution is 0.547. The Morgan fingerprint density at radius 2 is 2.08 bits per heavy atom. The molecule has 0 saturated carbocycles. The summed E-state index contributed by atoms with van der Waals surface area (Å²) >= 11 is 0. The van der Waals surface area contributed by atoms with Crippen molar-refractivity contribution in [2.45, 2.75) is 24.4 Å². The Bertz CT molecular complexity index is 878. The topological polar surface area (TPSA) is 56.8 Å². The van der Waals surface area contributed by atoms with Crippen molar-refractivity contribution in [2.24, 2.45) is 0 Å². The summed E-state index contributed by atoms with van der Waals surface area (Å²) in [6.45, 7) is 1.88. The fourth-order valence-electron chi connectivity index (χ4n) is 4.32. The van der Waals surface area contributed by atoms with Crippen molar-refractivity contribution in [1.29, 1.82) is 0 Å². The van der Waals surface area contributed by atoms with Crippen LogP contribution in [0.2, 0.25) is 0 Å². The Balaban J connectivity index is 1.56. The second-order valence-corrected chi connectivity index (χ2v) is 6.58. The predicted octanol–water partition coefficient (Wildman–Crippen LogP) is 2.43. The first kappa shape index (κ1) is 13.9. The standard InChI is InChI=1S/C18H18FN5/c19-11-2-3-12-13(9-23-15(12)8-11)14-10-24(16-4-7-20-17(14)16)18-21-5-1-6-22-18/h1-3,5-6,8-9,14,16-17,20,23H,4,7,10H2/t14-,16-,17-/m1/s1. The minimum Gasteiger partial charge on any atom is -0.361 e. The van der Waals surface area contributed by atoms with Crippen LogP contribution in [0.15, 0.2) is 42.9 Å². The summed E-state index contributed by atoms with van der Waals surface area (Å²) in [4.78, 5) is 14.4. The number of anilines is 1. The Hall–Kier alpha value is -2.47. The predicted molar refractivity (Wildman–Crippen MR) is 90.6 cm³/mol. The molecule has 24 heavy (non-hydrogen) atoms. The van der Waals surface area contributed by atoms with Crippen molar-refractivity contribution >= 4 is 16.9 Å². The van der Waals surface area contributed by atoms with Crippen LogP contribution in [0.4, 0.5) is 10.3 Å². The van der Waals surface area contributed by atoms with E-state index in [0.717, 1.165) is 36.4 Å². The molecule has 2 aliphatic rings. The highest BCUT2D eigenvalue weighted by molar-refractivity contribution is 5.84. The van der Waals surface area contributed by atoms with Gasteiger partial charge in [-0.3, -0.25) is 0 Å². The summed E-state index contributed by atoms with van der Waals surface area (Å²) in [5, 5.41) is 4.75. The minimum absolute atomic E-state index is 0.210. The maximum Gasteiger partial charge on any atom is 0.225 e. The molecule has 0 aliphatic carbocycles. The van der Waals surface area contributed by atoms with Crippen molar-refractivity contribution in [1.82, 2.24) is 20.3 Å². The molecule has 3 atom stereocenters. The third kappa shape index (κ3) is 2.03. The molecule has 6 heteroatoms. The van der Waals surface area contributed by atoms with Gasteiger partial charge in [-0.15, -0.1) is 0 Å².